The predicted octanol–water partition coefficient (Wildman–Crippen LogP) is 3.42. The lowest BCUT2D eigenvalue weighted by Crippen LogP contribution is -2.23. The number of hydrogen-bond acceptors (Lipinski definition) is 2. The molecular formula is C17H16O2. The van der Waals surface area contributed by atoms with Crippen molar-refractivity contribution in [2.75, 3.05) is 0 Å². The van der Waals surface area contributed by atoms with Gasteiger partial charge < -0.3 is 0 Å². The predicted molar refractivity (Wildman–Crippen MR) is 78.6 cm³/mol. The molecule has 1 aliphatic carbocycles. The van der Waals surface area contributed by atoms with Gasteiger partial charge in [-0.05, 0) is 6.92 Å². The van der Waals surface area contributed by atoms with Crippen LogP contribution in [0.25, 0.3) is 0 Å². The first-order chi connectivity index (χ1) is 9.12. The van der Waals surface area contributed by atoms with Crippen molar-refractivity contribution in [1.29, 1.82) is 0 Å². The van der Waals surface area contributed by atoms with Gasteiger partial charge in [-0.15, -0.1) is 0 Å². The molecule has 0 saturated heterocycles. The first-order valence-electron chi connectivity index (χ1n) is 5.87. The Balaban J connectivity index is 3.60. The lowest BCUT2D eigenvalue weighted by Gasteiger charge is -2.19. The van der Waals surface area contributed by atoms with E-state index in [4.69, 9.17) is 0 Å². The minimum absolute atomic E-state index is 0.191. The van der Waals surface area contributed by atoms with Gasteiger partial charge in [-0.25, -0.2) is 0 Å². The molecule has 0 aromatic carbocycles. The molecule has 0 aromatic heterocycles. The molecule has 1 rings (SSSR count). The standard InChI is InChI=1S/C17H16O2/c1-5-9-11-15-13(8-4)16(18)14(10-6-2)12(7-3)17(15)19/h5-11H,1-2,4H2,3H3/b11-9-,12-7+,14-10+. The van der Waals surface area contributed by atoms with Crippen molar-refractivity contribution in [3.05, 3.63) is 84.6 Å². The van der Waals surface area contributed by atoms with Crippen LogP contribution in [0.1, 0.15) is 6.92 Å². The Morgan fingerprint density at radius 2 is 1.53 bits per heavy atom. The van der Waals surface area contributed by atoms with Gasteiger partial charge in [0.1, 0.15) is 0 Å². The molecule has 0 radical (unpaired) electrons. The summed E-state index contributed by atoms with van der Waals surface area (Å²) in [6.45, 7) is 12.5. The van der Waals surface area contributed by atoms with Crippen molar-refractivity contribution in [1.82, 2.24) is 0 Å². The maximum absolute atomic E-state index is 12.4. The van der Waals surface area contributed by atoms with Gasteiger partial charge in [0.05, 0.1) is 0 Å². The number of Topliss-reactive ketones (excluding diaryl/α,β-unsaturated/α-hetero) is 2. The Labute approximate surface area is 113 Å². The summed E-state index contributed by atoms with van der Waals surface area (Å²) in [5, 5.41) is 0. The number of allylic oxidation sites excluding steroid dienone is 11. The zero-order valence-electron chi connectivity index (χ0n) is 11.0. The van der Waals surface area contributed by atoms with E-state index in [1.165, 1.54) is 12.2 Å². The van der Waals surface area contributed by atoms with E-state index in [-0.39, 0.29) is 11.6 Å². The zero-order valence-corrected chi connectivity index (χ0v) is 11.0. The molecule has 0 saturated carbocycles. The minimum Gasteiger partial charge on any atom is -0.289 e. The highest BCUT2D eigenvalue weighted by Gasteiger charge is 2.31. The van der Waals surface area contributed by atoms with Crippen LogP contribution in [0.3, 0.4) is 0 Å². The van der Waals surface area contributed by atoms with Gasteiger partial charge in [0.25, 0.3) is 0 Å². The Hall–Kier alpha value is -2.48. The highest BCUT2D eigenvalue weighted by atomic mass is 16.1. The minimum atomic E-state index is -0.216. The number of rotatable bonds is 4. The van der Waals surface area contributed by atoms with E-state index in [2.05, 4.69) is 19.7 Å². The average molecular weight is 252 g/mol. The third-order valence-corrected chi connectivity index (χ3v) is 2.74. The summed E-state index contributed by atoms with van der Waals surface area (Å²) in [5.41, 5.74) is 1.39. The monoisotopic (exact) mass is 252 g/mol. The first kappa shape index (κ1) is 14.6. The molecule has 0 bridgehead atoms. The lowest BCUT2D eigenvalue weighted by molar-refractivity contribution is -0.116. The Kier molecular flexibility index (Phi) is 4.95. The molecule has 19 heavy (non-hydrogen) atoms. The van der Waals surface area contributed by atoms with E-state index in [9.17, 15) is 9.59 Å². The Morgan fingerprint density at radius 1 is 0.895 bits per heavy atom. The average Bonchev–Trinajstić information content (AvgIpc) is 2.41. The van der Waals surface area contributed by atoms with E-state index in [1.54, 1.807) is 37.3 Å². The number of ketones is 2. The molecule has 96 valence electrons. The molecular weight excluding hydrogens is 236 g/mol. The topological polar surface area (TPSA) is 34.1 Å². The summed E-state index contributed by atoms with van der Waals surface area (Å²) in [4.78, 5) is 24.7. The quantitative estimate of drug-likeness (QED) is 0.567. The molecule has 2 nitrogen and oxygen atoms in total. The van der Waals surface area contributed by atoms with Crippen molar-refractivity contribution in [2.24, 2.45) is 0 Å². The number of carbonyl (C=O) groups is 2. The molecule has 0 aromatic rings. The fourth-order valence-electron chi connectivity index (χ4n) is 1.88. The highest BCUT2D eigenvalue weighted by Crippen LogP contribution is 2.29. The normalized spacial score (nSPS) is 20.5. The van der Waals surface area contributed by atoms with Crippen LogP contribution in [0.2, 0.25) is 0 Å². The van der Waals surface area contributed by atoms with Crippen molar-refractivity contribution in [2.45, 2.75) is 6.92 Å². The van der Waals surface area contributed by atoms with E-state index in [0.29, 0.717) is 22.3 Å². The van der Waals surface area contributed by atoms with Crippen LogP contribution in [0.5, 0.6) is 0 Å². The second kappa shape index (κ2) is 6.45. The van der Waals surface area contributed by atoms with Gasteiger partial charge in [-0.2, -0.15) is 0 Å². The maximum Gasteiger partial charge on any atom is 0.194 e. The summed E-state index contributed by atoms with van der Waals surface area (Å²) in [6, 6.07) is 0. The SMILES string of the molecule is C=C/C=C\C1=C(C=C)C(=O)C(=C/C=C)/C(=C\C)C1=O. The zero-order chi connectivity index (χ0) is 14.4. The van der Waals surface area contributed by atoms with Gasteiger partial charge in [0.15, 0.2) is 11.6 Å². The van der Waals surface area contributed by atoms with E-state index >= 15 is 0 Å². The van der Waals surface area contributed by atoms with Gasteiger partial charge in [-0.1, -0.05) is 62.3 Å². The molecule has 0 fully saturated rings. The van der Waals surface area contributed by atoms with Crippen molar-refractivity contribution in [3.63, 3.8) is 0 Å². The van der Waals surface area contributed by atoms with E-state index in [0.717, 1.165) is 0 Å². The second-order valence-electron chi connectivity index (χ2n) is 3.80. The second-order valence-corrected chi connectivity index (χ2v) is 3.80. The molecule has 1 aliphatic rings. The maximum atomic E-state index is 12.4. The Bertz CT molecular complexity index is 578. The summed E-state index contributed by atoms with van der Waals surface area (Å²) in [5.74, 6) is -0.408. The number of carbonyl (C=O) groups excluding carboxylic acids is 2. The largest absolute Gasteiger partial charge is 0.289 e. The molecule has 0 N–H and O–H groups in total. The highest BCUT2D eigenvalue weighted by molar-refractivity contribution is 6.31. The van der Waals surface area contributed by atoms with Gasteiger partial charge in [0.2, 0.25) is 0 Å². The third-order valence-electron chi connectivity index (χ3n) is 2.74. The fourth-order valence-corrected chi connectivity index (χ4v) is 1.88. The first-order valence-corrected chi connectivity index (χ1v) is 5.87. The molecule has 2 heteroatoms. The van der Waals surface area contributed by atoms with Gasteiger partial charge >= 0.3 is 0 Å². The van der Waals surface area contributed by atoms with Crippen LogP contribution >= 0.6 is 0 Å². The van der Waals surface area contributed by atoms with Crippen LogP contribution in [-0.2, 0) is 9.59 Å². The molecule has 0 aliphatic heterocycles. The van der Waals surface area contributed by atoms with E-state index in [1.807, 2.05) is 0 Å². The summed E-state index contributed by atoms with van der Waals surface area (Å²) >= 11 is 0. The van der Waals surface area contributed by atoms with Crippen LogP contribution in [0.15, 0.2) is 84.6 Å². The lowest BCUT2D eigenvalue weighted by atomic mass is 9.81. The van der Waals surface area contributed by atoms with Gasteiger partial charge in [0, 0.05) is 22.3 Å². The van der Waals surface area contributed by atoms with Crippen LogP contribution in [-0.4, -0.2) is 11.6 Å². The van der Waals surface area contributed by atoms with Crippen molar-refractivity contribution in [3.8, 4) is 0 Å². The molecule has 0 unspecified atom stereocenters. The van der Waals surface area contributed by atoms with E-state index < -0.39 is 0 Å². The Morgan fingerprint density at radius 3 is 2.00 bits per heavy atom. The smallest absolute Gasteiger partial charge is 0.194 e. The van der Waals surface area contributed by atoms with Crippen LogP contribution in [0.4, 0.5) is 0 Å². The third kappa shape index (κ3) is 2.68. The molecule has 0 spiro atoms. The fraction of sp³-hybridized carbons (Fsp3) is 0.0588. The van der Waals surface area contributed by atoms with Crippen molar-refractivity contribution < 1.29 is 9.59 Å². The van der Waals surface area contributed by atoms with Crippen LogP contribution < -0.4 is 0 Å². The molecule has 0 heterocycles. The van der Waals surface area contributed by atoms with Crippen LogP contribution in [0, 0.1) is 0 Å². The summed E-state index contributed by atoms with van der Waals surface area (Å²) in [7, 11) is 0. The van der Waals surface area contributed by atoms with Gasteiger partial charge in [-0.3, -0.25) is 9.59 Å². The molecule has 0 amide bonds. The summed E-state index contributed by atoms with van der Waals surface area (Å²) < 4.78 is 0. The summed E-state index contributed by atoms with van der Waals surface area (Å²) in [6.07, 6.45) is 10.8. The van der Waals surface area contributed by atoms with Crippen molar-refractivity contribution >= 4 is 11.6 Å². The number of hydrogen-bond donors (Lipinski definition) is 0. The molecule has 0 atom stereocenters.